The first-order valence-corrected chi connectivity index (χ1v) is 6.36. The van der Waals surface area contributed by atoms with Crippen LogP contribution in [0.1, 0.15) is 25.1 Å². The molecule has 18 heavy (non-hydrogen) atoms. The zero-order chi connectivity index (χ0) is 12.4. The van der Waals surface area contributed by atoms with Crippen LogP contribution in [0.15, 0.2) is 12.1 Å². The van der Waals surface area contributed by atoms with Gasteiger partial charge in [-0.15, -0.1) is 0 Å². The predicted molar refractivity (Wildman–Crippen MR) is 67.7 cm³/mol. The first-order valence-electron chi connectivity index (χ1n) is 6.36. The van der Waals surface area contributed by atoms with Gasteiger partial charge in [-0.3, -0.25) is 0 Å². The molecule has 96 valence electrons. The number of H-pyrrole nitrogens is 1. The predicted octanol–water partition coefficient (Wildman–Crippen LogP) is 2.08. The van der Waals surface area contributed by atoms with E-state index >= 15 is 0 Å². The highest BCUT2D eigenvalue weighted by molar-refractivity contribution is 5.71. The van der Waals surface area contributed by atoms with Crippen molar-refractivity contribution < 1.29 is 9.47 Å². The van der Waals surface area contributed by atoms with Crippen LogP contribution in [0.4, 0.5) is 0 Å². The largest absolute Gasteiger partial charge is 0.481 e. The Morgan fingerprint density at radius 1 is 1.39 bits per heavy atom. The van der Waals surface area contributed by atoms with Gasteiger partial charge in [-0.05, 0) is 25.3 Å². The molecule has 1 N–H and O–H groups in total. The highest BCUT2D eigenvalue weighted by Crippen LogP contribution is 2.19. The van der Waals surface area contributed by atoms with Gasteiger partial charge in [-0.1, -0.05) is 0 Å². The lowest BCUT2D eigenvalue weighted by atomic mass is 10.1. The van der Waals surface area contributed by atoms with Gasteiger partial charge in [0.1, 0.15) is 5.82 Å². The maximum absolute atomic E-state index is 5.72. The van der Waals surface area contributed by atoms with Gasteiger partial charge in [0.2, 0.25) is 5.88 Å². The topological polar surface area (TPSA) is 60.0 Å². The number of methoxy groups -OCH3 is 1. The molecule has 0 saturated carbocycles. The summed E-state index contributed by atoms with van der Waals surface area (Å²) in [5, 5.41) is 0. The molecule has 1 atom stereocenters. The van der Waals surface area contributed by atoms with E-state index in [1.165, 1.54) is 12.8 Å². The van der Waals surface area contributed by atoms with E-state index in [1.807, 2.05) is 12.1 Å². The molecule has 3 heterocycles. The first-order chi connectivity index (χ1) is 8.85. The van der Waals surface area contributed by atoms with E-state index in [1.54, 1.807) is 7.11 Å². The molecule has 2 aromatic heterocycles. The lowest BCUT2D eigenvalue weighted by molar-refractivity contribution is 0.0158. The second-order valence-corrected chi connectivity index (χ2v) is 4.60. The number of fused-ring (bicyclic) bond motifs is 1. The maximum Gasteiger partial charge on any atom is 0.215 e. The van der Waals surface area contributed by atoms with Crippen LogP contribution in [0, 0.1) is 0 Å². The van der Waals surface area contributed by atoms with E-state index in [4.69, 9.17) is 9.47 Å². The lowest BCUT2D eigenvalue weighted by Gasteiger charge is -2.21. The summed E-state index contributed by atoms with van der Waals surface area (Å²) < 4.78 is 10.8. The molecule has 1 aliphatic rings. The number of hydrogen-bond acceptors (Lipinski definition) is 4. The monoisotopic (exact) mass is 247 g/mol. The Labute approximate surface area is 106 Å². The molecule has 1 aliphatic heterocycles. The van der Waals surface area contributed by atoms with Gasteiger partial charge < -0.3 is 14.5 Å². The Balaban J connectivity index is 1.79. The van der Waals surface area contributed by atoms with Crippen molar-refractivity contribution in [3.63, 3.8) is 0 Å². The fourth-order valence-electron chi connectivity index (χ4n) is 2.32. The Kier molecular flexibility index (Phi) is 3.15. The number of ether oxygens (including phenoxy) is 2. The van der Waals surface area contributed by atoms with Gasteiger partial charge in [-0.25, -0.2) is 4.98 Å². The van der Waals surface area contributed by atoms with Crippen molar-refractivity contribution >= 4 is 11.2 Å². The minimum absolute atomic E-state index is 0.293. The maximum atomic E-state index is 5.72. The summed E-state index contributed by atoms with van der Waals surface area (Å²) in [7, 11) is 1.61. The summed E-state index contributed by atoms with van der Waals surface area (Å²) in [5.74, 6) is 1.53. The van der Waals surface area contributed by atoms with Crippen LogP contribution in [-0.4, -0.2) is 34.8 Å². The van der Waals surface area contributed by atoms with Crippen LogP contribution < -0.4 is 4.74 Å². The van der Waals surface area contributed by atoms with E-state index in [0.717, 1.165) is 30.8 Å². The van der Waals surface area contributed by atoms with Crippen LogP contribution in [0.5, 0.6) is 5.88 Å². The van der Waals surface area contributed by atoms with E-state index in [0.29, 0.717) is 17.6 Å². The molecule has 0 aromatic carbocycles. The third kappa shape index (κ3) is 2.31. The molecule has 2 aromatic rings. The molecule has 5 nitrogen and oxygen atoms in total. The van der Waals surface area contributed by atoms with Crippen LogP contribution in [-0.2, 0) is 11.2 Å². The first kappa shape index (κ1) is 11.5. The normalized spacial score (nSPS) is 20.2. The van der Waals surface area contributed by atoms with Gasteiger partial charge in [0.15, 0.2) is 5.65 Å². The van der Waals surface area contributed by atoms with E-state index in [2.05, 4.69) is 15.0 Å². The number of imidazole rings is 1. The van der Waals surface area contributed by atoms with E-state index in [9.17, 15) is 0 Å². The molecule has 1 unspecified atom stereocenters. The summed E-state index contributed by atoms with van der Waals surface area (Å²) in [6, 6.07) is 3.78. The van der Waals surface area contributed by atoms with Crippen LogP contribution in [0.3, 0.4) is 0 Å². The van der Waals surface area contributed by atoms with Crippen LogP contribution in [0.25, 0.3) is 11.2 Å². The number of pyridine rings is 1. The fourth-order valence-corrected chi connectivity index (χ4v) is 2.32. The summed E-state index contributed by atoms with van der Waals surface area (Å²) in [6.07, 6.45) is 4.67. The van der Waals surface area contributed by atoms with E-state index < -0.39 is 0 Å². The number of aromatic nitrogens is 3. The van der Waals surface area contributed by atoms with Crippen molar-refractivity contribution in [2.45, 2.75) is 31.8 Å². The van der Waals surface area contributed by atoms with Crippen molar-refractivity contribution in [3.05, 3.63) is 18.0 Å². The third-order valence-electron chi connectivity index (χ3n) is 3.27. The third-order valence-corrected chi connectivity index (χ3v) is 3.27. The summed E-state index contributed by atoms with van der Waals surface area (Å²) in [6.45, 7) is 0.872. The highest BCUT2D eigenvalue weighted by Gasteiger charge is 2.16. The van der Waals surface area contributed by atoms with Crippen molar-refractivity contribution in [3.8, 4) is 5.88 Å². The molecule has 5 heteroatoms. The van der Waals surface area contributed by atoms with Gasteiger partial charge in [0, 0.05) is 19.1 Å². The van der Waals surface area contributed by atoms with Crippen molar-refractivity contribution in [2.24, 2.45) is 0 Å². The molecule has 0 aliphatic carbocycles. The Hall–Kier alpha value is -1.62. The smallest absolute Gasteiger partial charge is 0.215 e. The van der Waals surface area contributed by atoms with Crippen LogP contribution >= 0.6 is 0 Å². The molecule has 0 amide bonds. The zero-order valence-corrected chi connectivity index (χ0v) is 10.5. The Morgan fingerprint density at radius 2 is 2.33 bits per heavy atom. The standard InChI is InChI=1S/C13H17N3O2/c1-17-12-6-5-10-13(16-12)15-11(14-10)8-9-4-2-3-7-18-9/h5-6,9H,2-4,7-8H2,1H3,(H,14,15,16). The lowest BCUT2D eigenvalue weighted by Crippen LogP contribution is -2.21. The molecule has 1 fully saturated rings. The quantitative estimate of drug-likeness (QED) is 0.902. The molecule has 1 saturated heterocycles. The second kappa shape index (κ2) is 4.94. The number of nitrogens with one attached hydrogen (secondary N) is 1. The average molecular weight is 247 g/mol. The summed E-state index contributed by atoms with van der Waals surface area (Å²) >= 11 is 0. The van der Waals surface area contributed by atoms with Gasteiger partial charge in [0.25, 0.3) is 0 Å². The molecule has 3 rings (SSSR count). The van der Waals surface area contributed by atoms with E-state index in [-0.39, 0.29) is 0 Å². The van der Waals surface area contributed by atoms with Gasteiger partial charge in [-0.2, -0.15) is 4.98 Å². The van der Waals surface area contributed by atoms with Crippen LogP contribution in [0.2, 0.25) is 0 Å². The Morgan fingerprint density at radius 3 is 3.11 bits per heavy atom. The van der Waals surface area contributed by atoms with Gasteiger partial charge in [0.05, 0.1) is 18.7 Å². The summed E-state index contributed by atoms with van der Waals surface area (Å²) in [5.41, 5.74) is 1.65. The number of aromatic amines is 1. The van der Waals surface area contributed by atoms with Crippen molar-refractivity contribution in [2.75, 3.05) is 13.7 Å². The van der Waals surface area contributed by atoms with Gasteiger partial charge >= 0.3 is 0 Å². The molecule has 0 spiro atoms. The molecular weight excluding hydrogens is 230 g/mol. The summed E-state index contributed by atoms with van der Waals surface area (Å²) in [4.78, 5) is 12.1. The Bertz CT molecular complexity index is 532. The van der Waals surface area contributed by atoms with Crippen molar-refractivity contribution in [1.29, 1.82) is 0 Å². The average Bonchev–Trinajstić information content (AvgIpc) is 2.80. The minimum atomic E-state index is 0.293. The minimum Gasteiger partial charge on any atom is -0.481 e. The molecule has 0 radical (unpaired) electrons. The fraction of sp³-hybridized carbons (Fsp3) is 0.538. The molecule has 0 bridgehead atoms. The van der Waals surface area contributed by atoms with Crippen molar-refractivity contribution in [1.82, 2.24) is 15.0 Å². The highest BCUT2D eigenvalue weighted by atomic mass is 16.5. The second-order valence-electron chi connectivity index (χ2n) is 4.60. The zero-order valence-electron chi connectivity index (χ0n) is 10.5. The number of nitrogens with zero attached hydrogens (tertiary/aromatic N) is 2. The number of hydrogen-bond donors (Lipinski definition) is 1. The molecular formula is C13H17N3O2. The number of rotatable bonds is 3. The SMILES string of the molecule is COc1ccc2[nH]c(CC3CCCCO3)nc2n1.